The molecule has 27 heavy (non-hydrogen) atoms. The van der Waals surface area contributed by atoms with Crippen molar-refractivity contribution >= 4 is 23.5 Å². The first-order valence-corrected chi connectivity index (χ1v) is 9.07. The number of thiocarbonyl (C=S) groups is 1. The lowest BCUT2D eigenvalue weighted by atomic mass is 10.2. The number of para-hydroxylation sites is 1. The fourth-order valence-electron chi connectivity index (χ4n) is 2.63. The largest absolute Gasteiger partial charge is 0.507 e. The monoisotopic (exact) mass is 375 g/mol. The van der Waals surface area contributed by atoms with E-state index in [9.17, 15) is 5.11 Å². The molecule has 0 aliphatic carbocycles. The van der Waals surface area contributed by atoms with Crippen LogP contribution in [0.5, 0.6) is 5.75 Å². The molecule has 0 atom stereocenters. The molecule has 0 saturated carbocycles. The van der Waals surface area contributed by atoms with Crippen molar-refractivity contribution < 1.29 is 5.11 Å². The fraction of sp³-hybridized carbons (Fsp3) is 0.0909. The van der Waals surface area contributed by atoms with E-state index in [1.165, 1.54) is 11.1 Å². The lowest BCUT2D eigenvalue weighted by Gasteiger charge is -2.25. The van der Waals surface area contributed by atoms with Gasteiger partial charge in [0.05, 0.1) is 6.21 Å². The number of nitrogens with one attached hydrogen (secondary N) is 1. The van der Waals surface area contributed by atoms with Crippen LogP contribution in [0.1, 0.15) is 16.7 Å². The first-order valence-electron chi connectivity index (χ1n) is 8.66. The van der Waals surface area contributed by atoms with Crippen molar-refractivity contribution in [2.75, 3.05) is 0 Å². The van der Waals surface area contributed by atoms with E-state index in [4.69, 9.17) is 12.2 Å². The molecular formula is C22H21N3OS. The standard InChI is InChI=1S/C22H21N3OS/c26-21-14-8-7-13-20(21)15-23-24-22(27)25(16-18-9-3-1-4-10-18)17-19-11-5-2-6-12-19/h1-15,26H,16-17H2,(H,24,27)/b23-15-. The van der Waals surface area contributed by atoms with Crippen LogP contribution in [0.15, 0.2) is 90.0 Å². The smallest absolute Gasteiger partial charge is 0.190 e. The average molecular weight is 375 g/mol. The molecule has 0 amide bonds. The van der Waals surface area contributed by atoms with Crippen molar-refractivity contribution in [2.45, 2.75) is 13.1 Å². The molecule has 0 spiro atoms. The predicted octanol–water partition coefficient (Wildman–Crippen LogP) is 4.30. The van der Waals surface area contributed by atoms with Crippen LogP contribution in [-0.2, 0) is 13.1 Å². The average Bonchev–Trinajstić information content (AvgIpc) is 2.70. The summed E-state index contributed by atoms with van der Waals surface area (Å²) in [5.74, 6) is 0.180. The molecular weight excluding hydrogens is 354 g/mol. The molecule has 0 bridgehead atoms. The van der Waals surface area contributed by atoms with Crippen molar-refractivity contribution in [1.82, 2.24) is 10.3 Å². The second-order valence-electron chi connectivity index (χ2n) is 6.06. The molecule has 0 unspecified atom stereocenters. The normalized spacial score (nSPS) is 10.7. The maximum absolute atomic E-state index is 9.81. The van der Waals surface area contributed by atoms with Gasteiger partial charge in [-0.2, -0.15) is 5.10 Å². The predicted molar refractivity (Wildman–Crippen MR) is 114 cm³/mol. The zero-order valence-electron chi connectivity index (χ0n) is 14.8. The van der Waals surface area contributed by atoms with E-state index in [2.05, 4.69) is 39.7 Å². The molecule has 136 valence electrons. The van der Waals surface area contributed by atoms with E-state index >= 15 is 0 Å². The molecule has 0 heterocycles. The minimum atomic E-state index is 0.180. The van der Waals surface area contributed by atoms with Gasteiger partial charge in [0.15, 0.2) is 5.11 Å². The third-order valence-corrected chi connectivity index (χ3v) is 4.37. The number of hydrogen-bond donors (Lipinski definition) is 2. The number of nitrogens with zero attached hydrogens (tertiary/aromatic N) is 2. The highest BCUT2D eigenvalue weighted by Gasteiger charge is 2.11. The van der Waals surface area contributed by atoms with Crippen LogP contribution in [-0.4, -0.2) is 21.3 Å². The topological polar surface area (TPSA) is 47.9 Å². The Kier molecular flexibility index (Phi) is 6.55. The van der Waals surface area contributed by atoms with Crippen LogP contribution in [0.25, 0.3) is 0 Å². The summed E-state index contributed by atoms with van der Waals surface area (Å²) in [6.45, 7) is 1.35. The van der Waals surface area contributed by atoms with Crippen molar-refractivity contribution in [2.24, 2.45) is 5.10 Å². The van der Waals surface area contributed by atoms with Gasteiger partial charge in [-0.1, -0.05) is 72.8 Å². The highest BCUT2D eigenvalue weighted by Crippen LogP contribution is 2.13. The Morgan fingerprint density at radius 2 is 1.37 bits per heavy atom. The van der Waals surface area contributed by atoms with Gasteiger partial charge in [-0.05, 0) is 35.5 Å². The van der Waals surface area contributed by atoms with Gasteiger partial charge in [0.2, 0.25) is 0 Å². The summed E-state index contributed by atoms with van der Waals surface area (Å²) in [7, 11) is 0. The van der Waals surface area contributed by atoms with Crippen molar-refractivity contribution in [3.63, 3.8) is 0 Å². The SMILES string of the molecule is Oc1ccccc1/C=N\NC(=S)N(Cc1ccccc1)Cc1ccccc1. The number of benzene rings is 3. The van der Waals surface area contributed by atoms with E-state index < -0.39 is 0 Å². The number of rotatable bonds is 6. The molecule has 3 aromatic carbocycles. The lowest BCUT2D eigenvalue weighted by Crippen LogP contribution is -2.36. The molecule has 3 rings (SSSR count). The van der Waals surface area contributed by atoms with Crippen LogP contribution in [0.3, 0.4) is 0 Å². The fourth-order valence-corrected chi connectivity index (χ4v) is 2.81. The van der Waals surface area contributed by atoms with Crippen molar-refractivity contribution in [1.29, 1.82) is 0 Å². The van der Waals surface area contributed by atoms with Gasteiger partial charge < -0.3 is 10.0 Å². The van der Waals surface area contributed by atoms with Gasteiger partial charge in [0, 0.05) is 18.7 Å². The first-order chi connectivity index (χ1) is 13.2. The second-order valence-corrected chi connectivity index (χ2v) is 6.45. The molecule has 0 radical (unpaired) electrons. The molecule has 0 saturated heterocycles. The summed E-state index contributed by atoms with van der Waals surface area (Å²) in [6, 6.07) is 27.4. The summed E-state index contributed by atoms with van der Waals surface area (Å²) in [5.41, 5.74) is 5.88. The van der Waals surface area contributed by atoms with E-state index in [1.54, 1.807) is 24.4 Å². The van der Waals surface area contributed by atoms with Gasteiger partial charge in [-0.25, -0.2) is 0 Å². The summed E-state index contributed by atoms with van der Waals surface area (Å²) in [4.78, 5) is 2.06. The lowest BCUT2D eigenvalue weighted by molar-refractivity contribution is 0.400. The van der Waals surface area contributed by atoms with E-state index in [1.807, 2.05) is 42.5 Å². The molecule has 4 nitrogen and oxygen atoms in total. The van der Waals surface area contributed by atoms with Gasteiger partial charge in [0.1, 0.15) is 5.75 Å². The zero-order chi connectivity index (χ0) is 18.9. The van der Waals surface area contributed by atoms with Crippen molar-refractivity contribution in [3.8, 4) is 5.75 Å². The third kappa shape index (κ3) is 5.66. The molecule has 0 aliphatic rings. The summed E-state index contributed by atoms with van der Waals surface area (Å²) < 4.78 is 0. The van der Waals surface area contributed by atoms with Crippen LogP contribution in [0.4, 0.5) is 0 Å². The molecule has 5 heteroatoms. The Balaban J connectivity index is 1.70. The third-order valence-electron chi connectivity index (χ3n) is 4.02. The Morgan fingerprint density at radius 1 is 0.852 bits per heavy atom. The maximum atomic E-state index is 9.81. The summed E-state index contributed by atoms with van der Waals surface area (Å²) in [5, 5.41) is 14.5. The van der Waals surface area contributed by atoms with Gasteiger partial charge in [-0.15, -0.1) is 0 Å². The molecule has 2 N–H and O–H groups in total. The number of hydrogen-bond acceptors (Lipinski definition) is 3. The maximum Gasteiger partial charge on any atom is 0.190 e. The Labute approximate surface area is 164 Å². The highest BCUT2D eigenvalue weighted by molar-refractivity contribution is 7.80. The summed E-state index contributed by atoms with van der Waals surface area (Å²) >= 11 is 5.56. The number of hydrazone groups is 1. The quantitative estimate of drug-likeness (QED) is 0.383. The van der Waals surface area contributed by atoms with E-state index in [-0.39, 0.29) is 5.75 Å². The van der Waals surface area contributed by atoms with Gasteiger partial charge in [-0.3, -0.25) is 5.43 Å². The second kappa shape index (κ2) is 9.50. The summed E-state index contributed by atoms with van der Waals surface area (Å²) in [6.07, 6.45) is 1.56. The molecule has 3 aromatic rings. The first kappa shape index (κ1) is 18.6. The minimum Gasteiger partial charge on any atom is -0.507 e. The van der Waals surface area contributed by atoms with Crippen molar-refractivity contribution in [3.05, 3.63) is 102 Å². The Bertz CT molecular complexity index is 856. The minimum absolute atomic E-state index is 0.180. The molecule has 0 aromatic heterocycles. The number of phenolic OH excluding ortho intramolecular Hbond substituents is 1. The van der Waals surface area contributed by atoms with E-state index in [0.717, 1.165) is 0 Å². The highest BCUT2D eigenvalue weighted by atomic mass is 32.1. The Morgan fingerprint density at radius 3 is 1.93 bits per heavy atom. The molecule has 0 fully saturated rings. The zero-order valence-corrected chi connectivity index (χ0v) is 15.6. The van der Waals surface area contributed by atoms with Crippen LogP contribution >= 0.6 is 12.2 Å². The van der Waals surface area contributed by atoms with Gasteiger partial charge in [0.25, 0.3) is 0 Å². The van der Waals surface area contributed by atoms with Crippen LogP contribution in [0, 0.1) is 0 Å². The van der Waals surface area contributed by atoms with E-state index in [0.29, 0.717) is 23.8 Å². The van der Waals surface area contributed by atoms with Gasteiger partial charge >= 0.3 is 0 Å². The number of phenols is 1. The van der Waals surface area contributed by atoms with Crippen LogP contribution < -0.4 is 5.43 Å². The number of aromatic hydroxyl groups is 1. The van der Waals surface area contributed by atoms with Crippen LogP contribution in [0.2, 0.25) is 0 Å². The Hall–Kier alpha value is -3.18. The molecule has 0 aliphatic heterocycles.